The molecular weight excluding hydrogens is 511 g/mol. The van der Waals surface area contributed by atoms with Gasteiger partial charge in [0, 0.05) is 29.1 Å². The van der Waals surface area contributed by atoms with Crippen LogP contribution in [0.1, 0.15) is 50.7 Å². The molecule has 2 aromatic carbocycles. The van der Waals surface area contributed by atoms with E-state index in [2.05, 4.69) is 10.6 Å². The fourth-order valence-corrected chi connectivity index (χ4v) is 5.29. The predicted octanol–water partition coefficient (Wildman–Crippen LogP) is 3.85. The van der Waals surface area contributed by atoms with E-state index in [9.17, 15) is 14.3 Å². The molecule has 5 atom stereocenters. The molecule has 1 fully saturated rings. The minimum Gasteiger partial charge on any atom is -0.394 e. The third-order valence-electron chi connectivity index (χ3n) is 6.59. The standard InChI is InChI=1S/C26H33Cl2F2N3O3/c1-25(2,3)12-21-26(31,17-6-5-15(27)11-20(17)30)22(14-4-7-19(29)18(28)10-14)23(33-21)24(36)32-9-8-16(35)13-34/h4-7,10-11,16,21-23,33-35H,8-9,12-13,31H2,1-3H3,(H,32,36)/t16-,21-,22-,23+,26+/m0/s1. The second-order valence-corrected chi connectivity index (χ2v) is 11.4. The van der Waals surface area contributed by atoms with Crippen molar-refractivity contribution < 1.29 is 23.8 Å². The molecule has 1 aliphatic rings. The zero-order chi connectivity index (χ0) is 26.8. The van der Waals surface area contributed by atoms with Crippen LogP contribution in [0.3, 0.4) is 0 Å². The van der Waals surface area contributed by atoms with E-state index in [1.54, 1.807) is 6.07 Å². The molecule has 6 N–H and O–H groups in total. The molecule has 1 saturated heterocycles. The number of nitrogens with two attached hydrogens (primary N) is 1. The van der Waals surface area contributed by atoms with E-state index in [1.807, 2.05) is 20.8 Å². The molecule has 36 heavy (non-hydrogen) atoms. The lowest BCUT2D eigenvalue weighted by Gasteiger charge is -2.39. The van der Waals surface area contributed by atoms with Crippen LogP contribution in [0.5, 0.6) is 0 Å². The Bertz CT molecular complexity index is 1100. The lowest BCUT2D eigenvalue weighted by atomic mass is 9.68. The first-order valence-electron chi connectivity index (χ1n) is 11.8. The van der Waals surface area contributed by atoms with Gasteiger partial charge in [-0.2, -0.15) is 0 Å². The zero-order valence-corrected chi connectivity index (χ0v) is 22.0. The topological polar surface area (TPSA) is 108 Å². The van der Waals surface area contributed by atoms with E-state index in [-0.39, 0.29) is 34.0 Å². The van der Waals surface area contributed by atoms with Crippen LogP contribution in [0.15, 0.2) is 36.4 Å². The van der Waals surface area contributed by atoms with E-state index >= 15 is 4.39 Å². The number of hydrogen-bond acceptors (Lipinski definition) is 5. The number of carbonyl (C=O) groups is 1. The van der Waals surface area contributed by atoms with E-state index in [0.29, 0.717) is 12.0 Å². The first kappa shape index (κ1) is 28.8. The largest absolute Gasteiger partial charge is 0.394 e. The van der Waals surface area contributed by atoms with Crippen molar-refractivity contribution in [1.29, 1.82) is 0 Å². The first-order chi connectivity index (χ1) is 16.8. The van der Waals surface area contributed by atoms with E-state index < -0.39 is 53.8 Å². The van der Waals surface area contributed by atoms with Crippen molar-refractivity contribution in [3.8, 4) is 0 Å². The summed E-state index contributed by atoms with van der Waals surface area (Å²) in [6.45, 7) is 5.72. The second-order valence-electron chi connectivity index (χ2n) is 10.6. The molecule has 0 saturated carbocycles. The number of hydrogen-bond donors (Lipinski definition) is 5. The van der Waals surface area contributed by atoms with Gasteiger partial charge in [0.15, 0.2) is 0 Å². The first-order valence-corrected chi connectivity index (χ1v) is 12.6. The number of aliphatic hydroxyl groups excluding tert-OH is 2. The van der Waals surface area contributed by atoms with E-state index in [1.165, 1.54) is 30.3 Å². The number of halogens is 4. The molecule has 0 aliphatic carbocycles. The Morgan fingerprint density at radius 3 is 2.47 bits per heavy atom. The maximum absolute atomic E-state index is 15.4. The quantitative estimate of drug-likeness (QED) is 0.347. The summed E-state index contributed by atoms with van der Waals surface area (Å²) in [5.41, 5.74) is 6.10. The third kappa shape index (κ3) is 6.18. The van der Waals surface area contributed by atoms with Gasteiger partial charge in [0.1, 0.15) is 11.6 Å². The summed E-state index contributed by atoms with van der Waals surface area (Å²) >= 11 is 12.1. The molecule has 0 bridgehead atoms. The van der Waals surface area contributed by atoms with Gasteiger partial charge in [-0.05, 0) is 48.1 Å². The van der Waals surface area contributed by atoms with Crippen LogP contribution in [-0.2, 0) is 10.3 Å². The minimum atomic E-state index is -1.43. The van der Waals surface area contributed by atoms with Crippen LogP contribution in [-0.4, -0.2) is 47.5 Å². The highest BCUT2D eigenvalue weighted by molar-refractivity contribution is 6.31. The van der Waals surface area contributed by atoms with Gasteiger partial charge < -0.3 is 26.6 Å². The summed E-state index contributed by atoms with van der Waals surface area (Å²) < 4.78 is 29.5. The average molecular weight is 544 g/mol. The molecule has 198 valence electrons. The van der Waals surface area contributed by atoms with Gasteiger partial charge in [-0.3, -0.25) is 4.79 Å². The number of amides is 1. The number of benzene rings is 2. The Kier molecular flexibility index (Phi) is 9.02. The van der Waals surface area contributed by atoms with Gasteiger partial charge in [-0.25, -0.2) is 8.78 Å². The van der Waals surface area contributed by atoms with Crippen LogP contribution in [0.2, 0.25) is 10.0 Å². The van der Waals surface area contributed by atoms with Crippen LogP contribution in [0.4, 0.5) is 8.78 Å². The maximum Gasteiger partial charge on any atom is 0.237 e. The maximum atomic E-state index is 15.4. The summed E-state index contributed by atoms with van der Waals surface area (Å²) in [6.07, 6.45) is -0.337. The van der Waals surface area contributed by atoms with Gasteiger partial charge in [0.2, 0.25) is 5.91 Å². The highest BCUT2D eigenvalue weighted by Crippen LogP contribution is 2.49. The Labute approximate surface area is 220 Å². The minimum absolute atomic E-state index is 0.104. The van der Waals surface area contributed by atoms with Crippen molar-refractivity contribution in [2.75, 3.05) is 13.2 Å². The highest BCUT2D eigenvalue weighted by atomic mass is 35.5. The molecular formula is C26H33Cl2F2N3O3. The van der Waals surface area contributed by atoms with Crippen molar-refractivity contribution in [2.24, 2.45) is 11.1 Å². The van der Waals surface area contributed by atoms with Crippen molar-refractivity contribution in [1.82, 2.24) is 10.6 Å². The predicted molar refractivity (Wildman–Crippen MR) is 137 cm³/mol. The molecule has 10 heteroatoms. The number of rotatable bonds is 8. The van der Waals surface area contributed by atoms with Gasteiger partial charge in [0.05, 0.1) is 29.3 Å². The molecule has 6 nitrogen and oxygen atoms in total. The third-order valence-corrected chi connectivity index (χ3v) is 7.12. The molecule has 2 aromatic rings. The van der Waals surface area contributed by atoms with Gasteiger partial charge in [-0.1, -0.05) is 56.1 Å². The Balaban J connectivity index is 2.15. The van der Waals surface area contributed by atoms with E-state index in [4.69, 9.17) is 34.0 Å². The van der Waals surface area contributed by atoms with Gasteiger partial charge in [-0.15, -0.1) is 0 Å². The Morgan fingerprint density at radius 2 is 1.89 bits per heavy atom. The number of aliphatic hydroxyl groups is 2. The summed E-state index contributed by atoms with van der Waals surface area (Å²) in [5.74, 6) is -2.50. The number of carbonyl (C=O) groups excluding carboxylic acids is 1. The van der Waals surface area contributed by atoms with E-state index in [0.717, 1.165) is 0 Å². The molecule has 0 spiro atoms. The lowest BCUT2D eigenvalue weighted by Crippen LogP contribution is -2.52. The van der Waals surface area contributed by atoms with Crippen molar-refractivity contribution in [2.45, 2.75) is 63.3 Å². The SMILES string of the molecule is CC(C)(C)C[C@@H]1N[C@@H](C(=O)NCC[C@H](O)CO)[C@H](c2ccc(F)c(Cl)c2)[C@@]1(N)c1ccc(Cl)cc1F. The molecule has 3 rings (SSSR count). The molecule has 0 unspecified atom stereocenters. The average Bonchev–Trinajstić information content (AvgIpc) is 3.06. The number of nitrogens with one attached hydrogen (secondary N) is 2. The smallest absolute Gasteiger partial charge is 0.237 e. The molecule has 1 aliphatic heterocycles. The van der Waals surface area contributed by atoms with Crippen molar-refractivity contribution in [3.63, 3.8) is 0 Å². The second kappa shape index (κ2) is 11.3. The summed E-state index contributed by atoms with van der Waals surface area (Å²) in [7, 11) is 0. The van der Waals surface area contributed by atoms with Crippen LogP contribution < -0.4 is 16.4 Å². The van der Waals surface area contributed by atoms with Crippen LogP contribution in [0, 0.1) is 17.0 Å². The summed E-state index contributed by atoms with van der Waals surface area (Å²) in [5, 5.41) is 24.8. The van der Waals surface area contributed by atoms with Gasteiger partial charge in [0.25, 0.3) is 0 Å². The summed E-state index contributed by atoms with van der Waals surface area (Å²) in [6, 6.07) is 6.86. The molecule has 0 radical (unpaired) electrons. The van der Waals surface area contributed by atoms with Crippen LogP contribution in [0.25, 0.3) is 0 Å². The molecule has 0 aromatic heterocycles. The zero-order valence-electron chi connectivity index (χ0n) is 20.5. The monoisotopic (exact) mass is 543 g/mol. The Hall–Kier alpha value is -1.81. The van der Waals surface area contributed by atoms with Crippen molar-refractivity contribution in [3.05, 3.63) is 69.2 Å². The molecule has 1 amide bonds. The summed E-state index contributed by atoms with van der Waals surface area (Å²) in [4.78, 5) is 13.4. The fourth-order valence-electron chi connectivity index (χ4n) is 4.94. The molecule has 1 heterocycles. The van der Waals surface area contributed by atoms with Gasteiger partial charge >= 0.3 is 0 Å². The van der Waals surface area contributed by atoms with Crippen LogP contribution >= 0.6 is 23.2 Å². The Morgan fingerprint density at radius 1 is 1.19 bits per heavy atom. The normalized spacial score (nSPS) is 25.1. The highest BCUT2D eigenvalue weighted by Gasteiger charge is 2.57. The fraction of sp³-hybridized carbons (Fsp3) is 0.500. The lowest BCUT2D eigenvalue weighted by molar-refractivity contribution is -0.123. The van der Waals surface area contributed by atoms with Crippen molar-refractivity contribution >= 4 is 29.1 Å².